The molecule has 0 radical (unpaired) electrons. The van der Waals surface area contributed by atoms with E-state index in [1.807, 2.05) is 0 Å². The minimum absolute atomic E-state index is 0.0619. The van der Waals surface area contributed by atoms with Crippen molar-refractivity contribution >= 4 is 16.6 Å². The predicted molar refractivity (Wildman–Crippen MR) is 54.2 cm³/mol. The van der Waals surface area contributed by atoms with Crippen molar-refractivity contribution in [2.75, 3.05) is 0 Å². The molecule has 2 aromatic carbocycles. The lowest BCUT2D eigenvalue weighted by Crippen LogP contribution is -1.82. The van der Waals surface area contributed by atoms with Crippen molar-refractivity contribution in [1.29, 1.82) is 0 Å². The summed E-state index contributed by atoms with van der Waals surface area (Å²) in [7, 11) is 0. The van der Waals surface area contributed by atoms with Crippen LogP contribution < -0.4 is 0 Å². The highest BCUT2D eigenvalue weighted by Crippen LogP contribution is 2.28. The summed E-state index contributed by atoms with van der Waals surface area (Å²) in [6.45, 7) is 0. The monoisotopic (exact) mass is 208 g/mol. The van der Waals surface area contributed by atoms with Crippen LogP contribution in [0.4, 0.5) is 13.2 Å². The van der Waals surface area contributed by atoms with Crippen LogP contribution in [0.5, 0.6) is 0 Å². The first kappa shape index (κ1) is 9.77. The van der Waals surface area contributed by atoms with Crippen molar-refractivity contribution in [2.24, 2.45) is 0 Å². The summed E-state index contributed by atoms with van der Waals surface area (Å²) in [6, 6.07) is 11.5. The van der Waals surface area contributed by atoms with Crippen molar-refractivity contribution in [2.45, 2.75) is 0 Å². The molecule has 0 nitrogen and oxygen atoms in total. The fourth-order valence-corrected chi connectivity index (χ4v) is 1.52. The van der Waals surface area contributed by atoms with E-state index in [4.69, 9.17) is 0 Å². The van der Waals surface area contributed by atoms with E-state index >= 15 is 0 Å². The molecule has 0 fully saturated rings. The molecule has 0 unspecified atom stereocenters. The molecular weight excluding hydrogens is 201 g/mol. The van der Waals surface area contributed by atoms with Gasteiger partial charge in [0.15, 0.2) is 5.83 Å². The van der Waals surface area contributed by atoms with E-state index in [1.165, 1.54) is 6.07 Å². The SMILES string of the molecule is FC(F)=C(F)c1cccc2ccccc12. The zero-order valence-electron chi connectivity index (χ0n) is 7.68. The van der Waals surface area contributed by atoms with Crippen molar-refractivity contribution < 1.29 is 13.2 Å². The van der Waals surface area contributed by atoms with Crippen molar-refractivity contribution in [1.82, 2.24) is 0 Å². The quantitative estimate of drug-likeness (QED) is 0.652. The third-order valence-electron chi connectivity index (χ3n) is 2.19. The molecule has 0 saturated carbocycles. The highest BCUT2D eigenvalue weighted by molar-refractivity contribution is 5.92. The standard InChI is InChI=1S/C12H7F3/c13-11(12(14)15)10-7-3-5-8-4-1-2-6-9(8)10/h1-7H. The molecule has 0 aliphatic heterocycles. The first-order chi connectivity index (χ1) is 7.20. The maximum atomic E-state index is 13.1. The third-order valence-corrected chi connectivity index (χ3v) is 2.19. The van der Waals surface area contributed by atoms with Crippen LogP contribution in [0, 0.1) is 0 Å². The number of hydrogen-bond acceptors (Lipinski definition) is 0. The molecule has 2 aromatic rings. The average molecular weight is 208 g/mol. The highest BCUT2D eigenvalue weighted by atomic mass is 19.3. The first-order valence-electron chi connectivity index (χ1n) is 4.39. The fraction of sp³-hybridized carbons (Fsp3) is 0. The molecule has 0 aliphatic carbocycles. The molecule has 2 rings (SSSR count). The lowest BCUT2D eigenvalue weighted by atomic mass is 10.0. The van der Waals surface area contributed by atoms with Crippen molar-refractivity contribution in [3.05, 3.63) is 54.1 Å². The Balaban J connectivity index is 2.77. The Morgan fingerprint density at radius 3 is 2.20 bits per heavy atom. The van der Waals surface area contributed by atoms with Gasteiger partial charge in [0.2, 0.25) is 0 Å². The Hall–Kier alpha value is -1.77. The van der Waals surface area contributed by atoms with Crippen LogP contribution in [0.25, 0.3) is 16.6 Å². The van der Waals surface area contributed by atoms with E-state index < -0.39 is 11.9 Å². The van der Waals surface area contributed by atoms with Gasteiger partial charge in [-0.05, 0) is 10.8 Å². The second kappa shape index (κ2) is 3.77. The Morgan fingerprint density at radius 1 is 0.800 bits per heavy atom. The van der Waals surface area contributed by atoms with Crippen LogP contribution in [0.3, 0.4) is 0 Å². The molecule has 0 heterocycles. The molecule has 0 aliphatic rings. The molecular formula is C12H7F3. The van der Waals surface area contributed by atoms with E-state index in [0.29, 0.717) is 5.39 Å². The van der Waals surface area contributed by atoms with Gasteiger partial charge in [0, 0.05) is 5.56 Å². The summed E-state index contributed by atoms with van der Waals surface area (Å²) < 4.78 is 37.4. The Morgan fingerprint density at radius 2 is 1.47 bits per heavy atom. The Kier molecular flexibility index (Phi) is 2.46. The summed E-state index contributed by atoms with van der Waals surface area (Å²) >= 11 is 0. The minimum atomic E-state index is -2.29. The Labute approximate surface area is 84.6 Å². The summed E-state index contributed by atoms with van der Waals surface area (Å²) in [5.74, 6) is -1.45. The van der Waals surface area contributed by atoms with Crippen LogP contribution in [-0.2, 0) is 0 Å². The van der Waals surface area contributed by atoms with E-state index in [2.05, 4.69) is 0 Å². The molecule has 0 amide bonds. The van der Waals surface area contributed by atoms with Gasteiger partial charge in [0.1, 0.15) is 0 Å². The van der Waals surface area contributed by atoms with Crippen LogP contribution in [0.2, 0.25) is 0 Å². The molecule has 0 saturated heterocycles. The minimum Gasteiger partial charge on any atom is -0.200 e. The number of benzene rings is 2. The fourth-order valence-electron chi connectivity index (χ4n) is 1.52. The van der Waals surface area contributed by atoms with Gasteiger partial charge in [-0.2, -0.15) is 8.78 Å². The molecule has 0 aromatic heterocycles. The zero-order chi connectivity index (χ0) is 10.8. The molecule has 0 spiro atoms. The maximum Gasteiger partial charge on any atom is 0.306 e. The second-order valence-corrected chi connectivity index (χ2v) is 3.10. The average Bonchev–Trinajstić information content (AvgIpc) is 2.27. The first-order valence-corrected chi connectivity index (χ1v) is 4.39. The van der Waals surface area contributed by atoms with Gasteiger partial charge in [-0.3, -0.25) is 0 Å². The van der Waals surface area contributed by atoms with Crippen molar-refractivity contribution in [3.8, 4) is 0 Å². The second-order valence-electron chi connectivity index (χ2n) is 3.10. The third kappa shape index (κ3) is 1.73. The van der Waals surface area contributed by atoms with Gasteiger partial charge in [0.25, 0.3) is 0 Å². The van der Waals surface area contributed by atoms with Gasteiger partial charge >= 0.3 is 6.08 Å². The van der Waals surface area contributed by atoms with Crippen LogP contribution in [0.15, 0.2) is 48.5 Å². The van der Waals surface area contributed by atoms with Gasteiger partial charge in [-0.1, -0.05) is 42.5 Å². The number of halogens is 3. The molecule has 0 bridgehead atoms. The lowest BCUT2D eigenvalue weighted by Gasteiger charge is -2.02. The van der Waals surface area contributed by atoms with Gasteiger partial charge in [0.05, 0.1) is 0 Å². The smallest absolute Gasteiger partial charge is 0.200 e. The molecule has 15 heavy (non-hydrogen) atoms. The van der Waals surface area contributed by atoms with E-state index in [1.54, 1.807) is 36.4 Å². The van der Waals surface area contributed by atoms with Gasteiger partial charge < -0.3 is 0 Å². The zero-order valence-corrected chi connectivity index (χ0v) is 7.68. The van der Waals surface area contributed by atoms with E-state index in [-0.39, 0.29) is 5.56 Å². The van der Waals surface area contributed by atoms with Gasteiger partial charge in [-0.15, -0.1) is 0 Å². The summed E-state index contributed by atoms with van der Waals surface area (Å²) in [5.41, 5.74) is -0.0619. The number of rotatable bonds is 1. The van der Waals surface area contributed by atoms with Gasteiger partial charge in [-0.25, -0.2) is 4.39 Å². The van der Waals surface area contributed by atoms with Crippen LogP contribution >= 0.6 is 0 Å². The van der Waals surface area contributed by atoms with Crippen molar-refractivity contribution in [3.63, 3.8) is 0 Å². The molecule has 0 atom stereocenters. The highest BCUT2D eigenvalue weighted by Gasteiger charge is 2.10. The summed E-state index contributed by atoms with van der Waals surface area (Å²) in [5, 5.41) is 1.23. The van der Waals surface area contributed by atoms with Crippen LogP contribution in [0.1, 0.15) is 5.56 Å². The summed E-state index contributed by atoms with van der Waals surface area (Å²) in [6.07, 6.45) is -2.29. The summed E-state index contributed by atoms with van der Waals surface area (Å²) in [4.78, 5) is 0. The number of fused-ring (bicyclic) bond motifs is 1. The van der Waals surface area contributed by atoms with E-state index in [9.17, 15) is 13.2 Å². The molecule has 76 valence electrons. The predicted octanol–water partition coefficient (Wildman–Crippen LogP) is 4.37. The lowest BCUT2D eigenvalue weighted by molar-refractivity contribution is 0.410. The topological polar surface area (TPSA) is 0 Å². The molecule has 3 heteroatoms. The largest absolute Gasteiger partial charge is 0.306 e. The normalized spacial score (nSPS) is 10.3. The van der Waals surface area contributed by atoms with E-state index in [0.717, 1.165) is 5.39 Å². The molecule has 0 N–H and O–H groups in total. The Bertz CT molecular complexity index is 520. The number of hydrogen-bond donors (Lipinski definition) is 0. The van der Waals surface area contributed by atoms with Crippen LogP contribution in [-0.4, -0.2) is 0 Å². The maximum absolute atomic E-state index is 13.1.